The van der Waals surface area contributed by atoms with Gasteiger partial charge in [-0.15, -0.1) is 0 Å². The normalized spacial score (nSPS) is 13.6. The molecular formula is C34H34FN3O2. The molecule has 40 heavy (non-hydrogen) atoms. The highest BCUT2D eigenvalue weighted by molar-refractivity contribution is 6.06. The molecule has 5 rings (SSSR count). The number of piperidine rings is 1. The number of nitrogens with zero attached hydrogens (tertiary/aromatic N) is 1. The number of hydrogen-bond donors (Lipinski definition) is 2. The third kappa shape index (κ3) is 6.94. The van der Waals surface area contributed by atoms with Crippen molar-refractivity contribution in [2.45, 2.75) is 32.7 Å². The zero-order valence-electron chi connectivity index (χ0n) is 22.7. The number of carbonyl (C=O) groups is 2. The molecule has 1 aliphatic rings. The summed E-state index contributed by atoms with van der Waals surface area (Å²) in [5.74, 6) is -0.183. The van der Waals surface area contributed by atoms with E-state index in [2.05, 4.69) is 39.8 Å². The molecule has 2 amide bonds. The lowest BCUT2D eigenvalue weighted by Crippen LogP contribution is -2.36. The Balaban J connectivity index is 1.33. The molecule has 2 N–H and O–H groups in total. The van der Waals surface area contributed by atoms with Crippen molar-refractivity contribution >= 4 is 23.2 Å². The second-order valence-corrected chi connectivity index (χ2v) is 10.5. The lowest BCUT2D eigenvalue weighted by Gasteiger charge is -2.35. The topological polar surface area (TPSA) is 61.4 Å². The largest absolute Gasteiger partial charge is 0.371 e. The van der Waals surface area contributed by atoms with Crippen molar-refractivity contribution in [1.82, 2.24) is 5.32 Å². The van der Waals surface area contributed by atoms with E-state index in [-0.39, 0.29) is 24.2 Å². The minimum absolute atomic E-state index is 0.229. The van der Waals surface area contributed by atoms with Crippen molar-refractivity contribution in [1.29, 1.82) is 0 Å². The van der Waals surface area contributed by atoms with Gasteiger partial charge in [-0.25, -0.2) is 4.39 Å². The van der Waals surface area contributed by atoms with Crippen LogP contribution in [0, 0.1) is 18.7 Å². The van der Waals surface area contributed by atoms with E-state index in [9.17, 15) is 14.0 Å². The maximum Gasteiger partial charge on any atom is 0.255 e. The summed E-state index contributed by atoms with van der Waals surface area (Å²) in [6.07, 6.45) is 3.14. The van der Waals surface area contributed by atoms with Crippen LogP contribution in [0.3, 0.4) is 0 Å². The first kappa shape index (κ1) is 27.1. The minimum Gasteiger partial charge on any atom is -0.371 e. The molecule has 0 aromatic heterocycles. The van der Waals surface area contributed by atoms with Crippen molar-refractivity contribution in [2.75, 3.05) is 23.3 Å². The highest BCUT2D eigenvalue weighted by Gasteiger charge is 2.24. The first-order valence-corrected chi connectivity index (χ1v) is 13.8. The van der Waals surface area contributed by atoms with Crippen LogP contribution in [0.1, 0.15) is 50.2 Å². The maximum absolute atomic E-state index is 13.5. The smallest absolute Gasteiger partial charge is 0.255 e. The first-order chi connectivity index (χ1) is 19.4. The van der Waals surface area contributed by atoms with Gasteiger partial charge in [0.15, 0.2) is 0 Å². The van der Waals surface area contributed by atoms with Gasteiger partial charge in [0.2, 0.25) is 0 Å². The van der Waals surface area contributed by atoms with Crippen LogP contribution < -0.4 is 15.5 Å². The van der Waals surface area contributed by atoms with Gasteiger partial charge in [-0.3, -0.25) is 9.59 Å². The molecule has 5 nitrogen and oxygen atoms in total. The van der Waals surface area contributed by atoms with E-state index in [1.54, 1.807) is 30.3 Å². The van der Waals surface area contributed by atoms with Crippen LogP contribution in [0.5, 0.6) is 0 Å². The number of aryl methyl sites for hydroxylation is 1. The Bertz CT molecular complexity index is 1450. The Kier molecular flexibility index (Phi) is 8.55. The molecule has 0 unspecified atom stereocenters. The molecule has 1 saturated heterocycles. The quantitative estimate of drug-likeness (QED) is 0.262. The van der Waals surface area contributed by atoms with Gasteiger partial charge in [0.1, 0.15) is 5.82 Å². The summed E-state index contributed by atoms with van der Waals surface area (Å²) in [4.78, 5) is 28.6. The van der Waals surface area contributed by atoms with Gasteiger partial charge in [-0.1, -0.05) is 60.2 Å². The van der Waals surface area contributed by atoms with Gasteiger partial charge >= 0.3 is 0 Å². The highest BCUT2D eigenvalue weighted by Crippen LogP contribution is 2.30. The third-order valence-electron chi connectivity index (χ3n) is 7.50. The number of halogens is 1. The molecule has 0 radical (unpaired) electrons. The number of benzene rings is 4. The molecule has 4 aromatic carbocycles. The predicted molar refractivity (Wildman–Crippen MR) is 158 cm³/mol. The van der Waals surface area contributed by atoms with Crippen LogP contribution in [-0.2, 0) is 13.0 Å². The van der Waals surface area contributed by atoms with Gasteiger partial charge in [0, 0.05) is 36.6 Å². The summed E-state index contributed by atoms with van der Waals surface area (Å²) in [5.41, 5.74) is 5.71. The molecule has 0 spiro atoms. The molecule has 204 valence electrons. The number of amides is 2. The summed E-state index contributed by atoms with van der Waals surface area (Å²) < 4.78 is 13.3. The fourth-order valence-corrected chi connectivity index (χ4v) is 5.18. The molecular weight excluding hydrogens is 501 g/mol. The fraction of sp³-hybridized carbons (Fsp3) is 0.235. The molecule has 1 fully saturated rings. The average molecular weight is 536 g/mol. The van der Waals surface area contributed by atoms with Gasteiger partial charge in [-0.2, -0.15) is 0 Å². The van der Waals surface area contributed by atoms with E-state index in [4.69, 9.17) is 0 Å². The van der Waals surface area contributed by atoms with E-state index >= 15 is 0 Å². The molecule has 1 heterocycles. The summed E-state index contributed by atoms with van der Waals surface area (Å²) in [7, 11) is 0. The van der Waals surface area contributed by atoms with Crippen molar-refractivity contribution in [2.24, 2.45) is 5.92 Å². The van der Waals surface area contributed by atoms with Gasteiger partial charge in [0.25, 0.3) is 11.8 Å². The van der Waals surface area contributed by atoms with Gasteiger partial charge in [0.05, 0.1) is 5.56 Å². The molecule has 1 aliphatic heterocycles. The van der Waals surface area contributed by atoms with Crippen molar-refractivity contribution in [3.63, 3.8) is 0 Å². The van der Waals surface area contributed by atoms with E-state index in [1.807, 2.05) is 37.3 Å². The van der Waals surface area contributed by atoms with E-state index in [1.165, 1.54) is 17.7 Å². The standard InChI is InChI=1S/C34H34FN3O2/c1-24-7-11-28(12-8-24)33(39)37-30-15-16-32(31(22-30)34(40)36-23-27-9-13-29(35)14-10-27)38-19-17-26(18-20-38)21-25-5-3-2-4-6-25/h2-16,22,26H,17-21,23H2,1H3,(H,36,40)(H,37,39). The van der Waals surface area contributed by atoms with Crippen LogP contribution in [0.25, 0.3) is 0 Å². The Hall–Kier alpha value is -4.45. The van der Waals surface area contributed by atoms with Crippen LogP contribution >= 0.6 is 0 Å². The molecule has 0 bridgehead atoms. The molecule has 0 saturated carbocycles. The second kappa shape index (κ2) is 12.6. The number of rotatable bonds is 8. The van der Waals surface area contributed by atoms with Gasteiger partial charge < -0.3 is 15.5 Å². The zero-order chi connectivity index (χ0) is 27.9. The maximum atomic E-state index is 13.5. The zero-order valence-corrected chi connectivity index (χ0v) is 22.7. The van der Waals surface area contributed by atoms with Crippen molar-refractivity contribution < 1.29 is 14.0 Å². The SMILES string of the molecule is Cc1ccc(C(=O)Nc2ccc(N3CCC(Cc4ccccc4)CC3)c(C(=O)NCc3ccc(F)cc3)c2)cc1. The summed E-state index contributed by atoms with van der Waals surface area (Å²) in [6, 6.07) is 29.5. The first-order valence-electron chi connectivity index (χ1n) is 13.8. The summed E-state index contributed by atoms with van der Waals surface area (Å²) in [6.45, 7) is 3.95. The van der Waals surface area contributed by atoms with E-state index in [0.717, 1.165) is 49.2 Å². The Labute approximate surface area is 235 Å². The second-order valence-electron chi connectivity index (χ2n) is 10.5. The summed E-state index contributed by atoms with van der Waals surface area (Å²) in [5, 5.41) is 5.91. The number of hydrogen-bond acceptors (Lipinski definition) is 3. The monoisotopic (exact) mass is 535 g/mol. The van der Waals surface area contributed by atoms with Crippen LogP contribution in [0.15, 0.2) is 97.1 Å². The lowest BCUT2D eigenvalue weighted by atomic mass is 9.89. The van der Waals surface area contributed by atoms with Crippen LogP contribution in [0.4, 0.5) is 15.8 Å². The van der Waals surface area contributed by atoms with Crippen LogP contribution in [0.2, 0.25) is 0 Å². The van der Waals surface area contributed by atoms with E-state index in [0.29, 0.717) is 22.7 Å². The molecule has 0 aliphatic carbocycles. The van der Waals surface area contributed by atoms with Crippen molar-refractivity contribution in [3.8, 4) is 0 Å². The highest BCUT2D eigenvalue weighted by atomic mass is 19.1. The Morgan fingerprint density at radius 1 is 0.825 bits per heavy atom. The van der Waals surface area contributed by atoms with Gasteiger partial charge in [-0.05, 0) is 85.7 Å². The molecule has 6 heteroatoms. The van der Waals surface area contributed by atoms with Crippen LogP contribution in [-0.4, -0.2) is 24.9 Å². The Morgan fingerprint density at radius 3 is 2.23 bits per heavy atom. The minimum atomic E-state index is -0.315. The molecule has 4 aromatic rings. The number of carbonyl (C=O) groups excluding carboxylic acids is 2. The lowest BCUT2D eigenvalue weighted by molar-refractivity contribution is 0.0950. The average Bonchev–Trinajstić information content (AvgIpc) is 2.98. The Morgan fingerprint density at radius 2 is 1.52 bits per heavy atom. The number of anilines is 2. The fourth-order valence-electron chi connectivity index (χ4n) is 5.18. The third-order valence-corrected chi connectivity index (χ3v) is 7.50. The van der Waals surface area contributed by atoms with E-state index < -0.39 is 0 Å². The predicted octanol–water partition coefficient (Wildman–Crippen LogP) is 6.78. The summed E-state index contributed by atoms with van der Waals surface area (Å²) >= 11 is 0. The molecule has 0 atom stereocenters. The number of nitrogens with one attached hydrogen (secondary N) is 2. The van der Waals surface area contributed by atoms with Crippen molar-refractivity contribution in [3.05, 3.63) is 131 Å².